The van der Waals surface area contributed by atoms with Crippen LogP contribution in [-0.2, 0) is 0 Å². The zero-order valence-electron chi connectivity index (χ0n) is 6.25. The largest absolute Gasteiger partial charge is 0.473 e. The van der Waals surface area contributed by atoms with E-state index in [0.29, 0.717) is 10.9 Å². The van der Waals surface area contributed by atoms with Crippen LogP contribution in [0.4, 0.5) is 0 Å². The Bertz CT molecular complexity index is 282. The number of ether oxygens (including phenoxy) is 1. The lowest BCUT2D eigenvalue weighted by atomic mass is 10.4. The Hall–Kier alpha value is -1.10. The van der Waals surface area contributed by atoms with E-state index in [1.165, 1.54) is 18.4 Å². The molecule has 0 spiro atoms. The maximum absolute atomic E-state index is 10.7. The molecule has 0 aliphatic heterocycles. The summed E-state index contributed by atoms with van der Waals surface area (Å²) in [5.74, 6) is -0.512. The molecule has 1 aromatic rings. The molecule has 0 bridgehead atoms. The number of carbonyl (C=O) groups is 1. The molecule has 1 heterocycles. The Balaban J connectivity index is 3.07. The van der Waals surface area contributed by atoms with Gasteiger partial charge in [0.05, 0.1) is 7.11 Å². The molecular weight excluding hydrogens is 164 g/mol. The quantitative estimate of drug-likeness (QED) is 0.708. The van der Waals surface area contributed by atoms with Crippen molar-refractivity contribution in [1.82, 2.24) is 4.98 Å². The Morgan fingerprint density at radius 2 is 2.36 bits per heavy atom. The van der Waals surface area contributed by atoms with Crippen molar-refractivity contribution in [3.05, 3.63) is 10.6 Å². The molecule has 5 heteroatoms. The molecule has 0 aromatic carbocycles. The van der Waals surface area contributed by atoms with Gasteiger partial charge in [-0.2, -0.15) is 4.98 Å². The number of hydrogen-bond donors (Lipinski definition) is 1. The summed E-state index contributed by atoms with van der Waals surface area (Å²) >= 11 is 1.31. The first-order valence-corrected chi connectivity index (χ1v) is 3.78. The highest BCUT2D eigenvalue weighted by Crippen LogP contribution is 2.22. The second kappa shape index (κ2) is 2.87. The molecule has 0 saturated carbocycles. The molecule has 0 radical (unpaired) electrons. The third-order valence-corrected chi connectivity index (χ3v) is 2.12. The van der Waals surface area contributed by atoms with Crippen LogP contribution in [0.3, 0.4) is 0 Å². The van der Waals surface area contributed by atoms with E-state index in [1.54, 1.807) is 6.92 Å². The van der Waals surface area contributed by atoms with Gasteiger partial charge in [0.2, 0.25) is 0 Å². The Labute approximate surface area is 68.0 Å². The number of amides is 1. The number of rotatable bonds is 2. The van der Waals surface area contributed by atoms with Gasteiger partial charge in [-0.1, -0.05) is 11.3 Å². The lowest BCUT2D eigenvalue weighted by molar-refractivity contribution is 0.0995. The predicted molar refractivity (Wildman–Crippen MR) is 41.9 cm³/mol. The SMILES string of the molecule is COc1nc(C(N)=O)c(C)s1. The van der Waals surface area contributed by atoms with Crippen LogP contribution in [0.15, 0.2) is 0 Å². The number of methoxy groups -OCH3 is 1. The maximum atomic E-state index is 10.7. The van der Waals surface area contributed by atoms with E-state index in [0.717, 1.165) is 4.88 Å². The summed E-state index contributed by atoms with van der Waals surface area (Å²) in [6, 6.07) is 0. The van der Waals surface area contributed by atoms with Gasteiger partial charge in [-0.15, -0.1) is 0 Å². The van der Waals surface area contributed by atoms with Gasteiger partial charge in [0.1, 0.15) is 5.69 Å². The van der Waals surface area contributed by atoms with E-state index in [9.17, 15) is 4.79 Å². The molecule has 2 N–H and O–H groups in total. The molecule has 1 amide bonds. The lowest BCUT2D eigenvalue weighted by Crippen LogP contribution is -2.12. The number of carbonyl (C=O) groups excluding carboxylic acids is 1. The van der Waals surface area contributed by atoms with Gasteiger partial charge in [0.25, 0.3) is 11.1 Å². The molecule has 60 valence electrons. The number of primary amides is 1. The molecule has 0 aliphatic rings. The minimum atomic E-state index is -0.512. The third kappa shape index (κ3) is 1.48. The van der Waals surface area contributed by atoms with Gasteiger partial charge in [0.15, 0.2) is 0 Å². The molecule has 0 saturated heterocycles. The Kier molecular flexibility index (Phi) is 2.09. The van der Waals surface area contributed by atoms with Gasteiger partial charge in [-0.25, -0.2) is 0 Å². The zero-order valence-corrected chi connectivity index (χ0v) is 7.07. The van der Waals surface area contributed by atoms with E-state index in [2.05, 4.69) is 4.98 Å². The summed E-state index contributed by atoms with van der Waals surface area (Å²) in [4.78, 5) is 15.3. The molecule has 11 heavy (non-hydrogen) atoms. The smallest absolute Gasteiger partial charge is 0.273 e. The van der Waals surface area contributed by atoms with Gasteiger partial charge >= 0.3 is 0 Å². The van der Waals surface area contributed by atoms with E-state index < -0.39 is 5.91 Å². The molecule has 0 unspecified atom stereocenters. The standard InChI is InChI=1S/C6H8N2O2S/c1-3-4(5(7)9)8-6(10-2)11-3/h1-2H3,(H2,7,9). The van der Waals surface area contributed by atoms with Crippen molar-refractivity contribution >= 4 is 17.2 Å². The number of aryl methyl sites for hydroxylation is 1. The summed E-state index contributed by atoms with van der Waals surface area (Å²) in [7, 11) is 1.50. The van der Waals surface area contributed by atoms with Crippen LogP contribution in [0.1, 0.15) is 15.4 Å². The van der Waals surface area contributed by atoms with E-state index in [4.69, 9.17) is 10.5 Å². The van der Waals surface area contributed by atoms with Crippen molar-refractivity contribution in [3.63, 3.8) is 0 Å². The first-order valence-electron chi connectivity index (χ1n) is 2.96. The zero-order chi connectivity index (χ0) is 8.43. The van der Waals surface area contributed by atoms with Crippen LogP contribution >= 0.6 is 11.3 Å². The molecule has 0 fully saturated rings. The van der Waals surface area contributed by atoms with Gasteiger partial charge in [-0.3, -0.25) is 4.79 Å². The van der Waals surface area contributed by atoms with Crippen molar-refractivity contribution in [1.29, 1.82) is 0 Å². The fraction of sp³-hybridized carbons (Fsp3) is 0.333. The maximum Gasteiger partial charge on any atom is 0.273 e. The van der Waals surface area contributed by atoms with Crippen molar-refractivity contribution in [2.75, 3.05) is 7.11 Å². The highest BCUT2D eigenvalue weighted by molar-refractivity contribution is 7.13. The molecular formula is C6H8N2O2S. The average Bonchev–Trinajstić information content (AvgIpc) is 2.30. The lowest BCUT2D eigenvalue weighted by Gasteiger charge is -1.87. The Morgan fingerprint density at radius 3 is 2.64 bits per heavy atom. The van der Waals surface area contributed by atoms with Gasteiger partial charge < -0.3 is 10.5 Å². The second-order valence-electron chi connectivity index (χ2n) is 1.95. The summed E-state index contributed by atoms with van der Waals surface area (Å²) < 4.78 is 4.83. The van der Waals surface area contributed by atoms with Crippen LogP contribution in [-0.4, -0.2) is 18.0 Å². The molecule has 1 rings (SSSR count). The minimum absolute atomic E-state index is 0.298. The van der Waals surface area contributed by atoms with Crippen molar-refractivity contribution in [2.45, 2.75) is 6.92 Å². The Morgan fingerprint density at radius 1 is 1.73 bits per heavy atom. The summed E-state index contributed by atoms with van der Waals surface area (Å²) in [6.07, 6.45) is 0. The van der Waals surface area contributed by atoms with Crippen molar-refractivity contribution in [3.8, 4) is 5.19 Å². The number of thiazole rings is 1. The monoisotopic (exact) mass is 172 g/mol. The van der Waals surface area contributed by atoms with E-state index >= 15 is 0 Å². The highest BCUT2D eigenvalue weighted by Gasteiger charge is 2.11. The number of hydrogen-bond acceptors (Lipinski definition) is 4. The number of nitrogens with two attached hydrogens (primary N) is 1. The van der Waals surface area contributed by atoms with Crippen LogP contribution < -0.4 is 10.5 Å². The summed E-state index contributed by atoms with van der Waals surface area (Å²) in [6.45, 7) is 1.78. The second-order valence-corrected chi connectivity index (χ2v) is 3.12. The third-order valence-electron chi connectivity index (χ3n) is 1.18. The normalized spacial score (nSPS) is 9.64. The van der Waals surface area contributed by atoms with Gasteiger partial charge in [-0.05, 0) is 6.92 Å². The summed E-state index contributed by atoms with van der Waals surface area (Å²) in [5, 5.41) is 0.469. The van der Waals surface area contributed by atoms with Crippen molar-refractivity contribution in [2.24, 2.45) is 5.73 Å². The molecule has 0 aliphatic carbocycles. The predicted octanol–water partition coefficient (Wildman–Crippen LogP) is 0.559. The van der Waals surface area contributed by atoms with Crippen molar-refractivity contribution < 1.29 is 9.53 Å². The minimum Gasteiger partial charge on any atom is -0.473 e. The summed E-state index contributed by atoms with van der Waals surface area (Å²) in [5.41, 5.74) is 5.33. The van der Waals surface area contributed by atoms with Crippen LogP contribution in [0.5, 0.6) is 5.19 Å². The van der Waals surface area contributed by atoms with E-state index in [-0.39, 0.29) is 0 Å². The average molecular weight is 172 g/mol. The highest BCUT2D eigenvalue weighted by atomic mass is 32.1. The van der Waals surface area contributed by atoms with Crippen LogP contribution in [0.2, 0.25) is 0 Å². The van der Waals surface area contributed by atoms with E-state index in [1.807, 2.05) is 0 Å². The molecule has 0 atom stereocenters. The van der Waals surface area contributed by atoms with Gasteiger partial charge in [0, 0.05) is 4.88 Å². The number of aromatic nitrogens is 1. The fourth-order valence-electron chi connectivity index (χ4n) is 0.688. The first-order chi connectivity index (χ1) is 5.15. The topological polar surface area (TPSA) is 65.2 Å². The fourth-order valence-corrected chi connectivity index (χ4v) is 1.41. The van der Waals surface area contributed by atoms with Crippen LogP contribution in [0, 0.1) is 6.92 Å². The molecule has 4 nitrogen and oxygen atoms in total. The molecule has 1 aromatic heterocycles. The van der Waals surface area contributed by atoms with Crippen LogP contribution in [0.25, 0.3) is 0 Å². The first kappa shape index (κ1) is 8.00. The number of nitrogens with zero attached hydrogens (tertiary/aromatic N) is 1.